The van der Waals surface area contributed by atoms with E-state index in [4.69, 9.17) is 9.47 Å². The molecule has 0 saturated carbocycles. The lowest BCUT2D eigenvalue weighted by Gasteiger charge is -2.12. The molecule has 0 unspecified atom stereocenters. The average Bonchev–Trinajstić information content (AvgIpc) is 3.24. The van der Waals surface area contributed by atoms with Crippen molar-refractivity contribution < 1.29 is 19.1 Å². The van der Waals surface area contributed by atoms with Crippen molar-refractivity contribution in [2.24, 2.45) is 0 Å². The molecule has 1 amide bonds. The van der Waals surface area contributed by atoms with Crippen LogP contribution in [-0.2, 0) is 20.8 Å². The number of amides is 1. The normalized spacial score (nSPS) is 16.0. The molecule has 1 aliphatic heterocycles. The van der Waals surface area contributed by atoms with E-state index >= 15 is 0 Å². The highest BCUT2D eigenvalue weighted by Crippen LogP contribution is 2.27. The van der Waals surface area contributed by atoms with Gasteiger partial charge in [0.15, 0.2) is 6.61 Å². The third-order valence-electron chi connectivity index (χ3n) is 4.63. The second-order valence-electron chi connectivity index (χ2n) is 6.72. The predicted octanol–water partition coefficient (Wildman–Crippen LogP) is 3.74. The van der Waals surface area contributed by atoms with Crippen LogP contribution in [0.2, 0.25) is 0 Å². The topological polar surface area (TPSA) is 64.6 Å². The average molecular weight is 400 g/mol. The van der Waals surface area contributed by atoms with Gasteiger partial charge in [-0.1, -0.05) is 36.4 Å². The molecule has 1 atom stereocenters. The number of thioether (sulfide) groups is 1. The minimum absolute atomic E-state index is 0.237. The second-order valence-corrected chi connectivity index (χ2v) is 7.78. The molecule has 0 aliphatic carbocycles. The van der Waals surface area contributed by atoms with Gasteiger partial charge in [-0.15, -0.1) is 11.8 Å². The lowest BCUT2D eigenvalue weighted by atomic mass is 10.1. The highest BCUT2D eigenvalue weighted by molar-refractivity contribution is 7.99. The highest BCUT2D eigenvalue weighted by atomic mass is 32.2. The van der Waals surface area contributed by atoms with Gasteiger partial charge in [0.05, 0.1) is 11.7 Å². The maximum atomic E-state index is 12.4. The van der Waals surface area contributed by atoms with Gasteiger partial charge in [-0.25, -0.2) is 4.79 Å². The molecule has 2 aromatic rings. The van der Waals surface area contributed by atoms with E-state index in [0.29, 0.717) is 12.1 Å². The lowest BCUT2D eigenvalue weighted by molar-refractivity contribution is -0.124. The number of hydrogen-bond acceptors (Lipinski definition) is 5. The molecule has 0 radical (unpaired) electrons. The molecule has 0 spiro atoms. The van der Waals surface area contributed by atoms with Crippen LogP contribution in [0.15, 0.2) is 53.4 Å². The second kappa shape index (κ2) is 10.3. The van der Waals surface area contributed by atoms with Crippen molar-refractivity contribution >= 4 is 23.6 Å². The Balaban J connectivity index is 1.48. The Morgan fingerprint density at radius 1 is 1.18 bits per heavy atom. The highest BCUT2D eigenvalue weighted by Gasteiger charge is 2.19. The van der Waals surface area contributed by atoms with Crippen molar-refractivity contribution in [2.75, 3.05) is 19.0 Å². The molecule has 1 heterocycles. The summed E-state index contributed by atoms with van der Waals surface area (Å²) in [5.74, 6) is 0.00358. The molecule has 1 aliphatic rings. The summed E-state index contributed by atoms with van der Waals surface area (Å²) in [6.45, 7) is 2.92. The third kappa shape index (κ3) is 5.84. The molecule has 5 nitrogen and oxygen atoms in total. The molecule has 28 heavy (non-hydrogen) atoms. The first-order valence-corrected chi connectivity index (χ1v) is 10.4. The van der Waals surface area contributed by atoms with Crippen molar-refractivity contribution in [2.45, 2.75) is 37.3 Å². The Hall–Kier alpha value is -2.31. The number of aryl methyl sites for hydroxylation is 1. The van der Waals surface area contributed by atoms with Crippen molar-refractivity contribution in [1.29, 1.82) is 0 Å². The lowest BCUT2D eigenvalue weighted by Crippen LogP contribution is -2.28. The Bertz CT molecular complexity index is 818. The first kappa shape index (κ1) is 20.4. The molecule has 0 aromatic heterocycles. The Morgan fingerprint density at radius 2 is 1.96 bits per heavy atom. The fourth-order valence-corrected chi connectivity index (χ4v) is 4.09. The summed E-state index contributed by atoms with van der Waals surface area (Å²) in [6.07, 6.45) is 2.38. The molecule has 0 bridgehead atoms. The zero-order chi connectivity index (χ0) is 19.8. The number of esters is 1. The fraction of sp³-hybridized carbons (Fsp3) is 0.364. The number of benzene rings is 2. The minimum atomic E-state index is -0.485. The monoisotopic (exact) mass is 399 g/mol. The summed E-state index contributed by atoms with van der Waals surface area (Å²) in [7, 11) is 0. The molecule has 2 aromatic carbocycles. The van der Waals surface area contributed by atoms with E-state index in [9.17, 15) is 9.59 Å². The van der Waals surface area contributed by atoms with Crippen LogP contribution < -0.4 is 5.32 Å². The van der Waals surface area contributed by atoms with Gasteiger partial charge in [-0.05, 0) is 43.0 Å². The number of carbonyl (C=O) groups is 2. The first-order chi connectivity index (χ1) is 13.6. The predicted molar refractivity (Wildman–Crippen MR) is 109 cm³/mol. The number of rotatable bonds is 8. The van der Waals surface area contributed by atoms with Crippen molar-refractivity contribution in [3.8, 4) is 0 Å². The van der Waals surface area contributed by atoms with Gasteiger partial charge in [0, 0.05) is 23.8 Å². The maximum absolute atomic E-state index is 12.4. The summed E-state index contributed by atoms with van der Waals surface area (Å²) in [5.41, 5.74) is 2.63. The van der Waals surface area contributed by atoms with Crippen LogP contribution in [0, 0.1) is 6.92 Å². The minimum Gasteiger partial charge on any atom is -0.452 e. The molecule has 1 saturated heterocycles. The van der Waals surface area contributed by atoms with Crippen molar-refractivity contribution in [3.05, 3.63) is 65.2 Å². The van der Waals surface area contributed by atoms with E-state index in [2.05, 4.69) is 5.32 Å². The number of ether oxygens (including phenoxy) is 2. The Labute approximate surface area is 169 Å². The summed E-state index contributed by atoms with van der Waals surface area (Å²) in [4.78, 5) is 25.3. The quantitative estimate of drug-likeness (QED) is 0.541. The number of nitrogens with one attached hydrogen (secondary N) is 1. The zero-order valence-corrected chi connectivity index (χ0v) is 16.8. The zero-order valence-electron chi connectivity index (χ0n) is 16.0. The standard InChI is InChI=1S/C22H25NO4S/c1-16-7-2-3-8-17(16)13-23-21(24)14-27-22(25)19-10-4-5-11-20(19)28-15-18-9-6-12-26-18/h2-5,7-8,10-11,18H,6,9,12-15H2,1H3,(H,23,24)/t18-/m0/s1. The van der Waals surface area contributed by atoms with Gasteiger partial charge in [0.2, 0.25) is 0 Å². The van der Waals surface area contributed by atoms with Gasteiger partial charge in [-0.2, -0.15) is 0 Å². The van der Waals surface area contributed by atoms with E-state index in [-0.39, 0.29) is 18.6 Å². The molecule has 6 heteroatoms. The largest absolute Gasteiger partial charge is 0.452 e. The summed E-state index contributed by atoms with van der Waals surface area (Å²) in [5, 5.41) is 2.79. The maximum Gasteiger partial charge on any atom is 0.339 e. The van der Waals surface area contributed by atoms with Crippen LogP contribution in [0.4, 0.5) is 0 Å². The third-order valence-corrected chi connectivity index (χ3v) is 5.83. The van der Waals surface area contributed by atoms with E-state index in [1.807, 2.05) is 43.3 Å². The Morgan fingerprint density at radius 3 is 2.75 bits per heavy atom. The van der Waals surface area contributed by atoms with Gasteiger partial charge in [0.1, 0.15) is 0 Å². The van der Waals surface area contributed by atoms with Crippen LogP contribution >= 0.6 is 11.8 Å². The van der Waals surface area contributed by atoms with Gasteiger partial charge in [0.25, 0.3) is 5.91 Å². The van der Waals surface area contributed by atoms with Crippen LogP contribution in [-0.4, -0.2) is 36.9 Å². The van der Waals surface area contributed by atoms with E-state index in [1.165, 1.54) is 0 Å². The SMILES string of the molecule is Cc1ccccc1CNC(=O)COC(=O)c1ccccc1SC[C@@H]1CCCO1. The van der Waals surface area contributed by atoms with Gasteiger partial charge in [-0.3, -0.25) is 4.79 Å². The fourth-order valence-electron chi connectivity index (χ4n) is 2.98. The van der Waals surface area contributed by atoms with Crippen LogP contribution in [0.25, 0.3) is 0 Å². The molecular weight excluding hydrogens is 374 g/mol. The first-order valence-electron chi connectivity index (χ1n) is 9.45. The van der Waals surface area contributed by atoms with Gasteiger partial charge >= 0.3 is 5.97 Å². The Kier molecular flexibility index (Phi) is 7.51. The van der Waals surface area contributed by atoms with Crippen LogP contribution in [0.1, 0.15) is 34.3 Å². The van der Waals surface area contributed by atoms with Crippen molar-refractivity contribution in [1.82, 2.24) is 5.32 Å². The molecule has 1 N–H and O–H groups in total. The van der Waals surface area contributed by atoms with E-state index in [0.717, 1.165) is 41.2 Å². The van der Waals surface area contributed by atoms with Crippen LogP contribution in [0.5, 0.6) is 0 Å². The number of hydrogen-bond donors (Lipinski definition) is 1. The molecular formula is C22H25NO4S. The summed E-state index contributed by atoms with van der Waals surface area (Å²) < 4.78 is 10.9. The summed E-state index contributed by atoms with van der Waals surface area (Å²) >= 11 is 1.59. The molecule has 148 valence electrons. The van der Waals surface area contributed by atoms with E-state index in [1.54, 1.807) is 23.9 Å². The smallest absolute Gasteiger partial charge is 0.339 e. The summed E-state index contributed by atoms with van der Waals surface area (Å²) in [6, 6.07) is 15.2. The van der Waals surface area contributed by atoms with Crippen LogP contribution in [0.3, 0.4) is 0 Å². The molecule has 3 rings (SSSR count). The van der Waals surface area contributed by atoms with Crippen molar-refractivity contribution in [3.63, 3.8) is 0 Å². The van der Waals surface area contributed by atoms with Gasteiger partial charge < -0.3 is 14.8 Å². The molecule has 1 fully saturated rings. The number of carbonyl (C=O) groups excluding carboxylic acids is 2. The van der Waals surface area contributed by atoms with E-state index < -0.39 is 5.97 Å².